The molecule has 0 atom stereocenters. The molecule has 0 unspecified atom stereocenters. The number of amides is 2. The van der Waals surface area contributed by atoms with Gasteiger partial charge in [0, 0.05) is 11.5 Å². The van der Waals surface area contributed by atoms with Gasteiger partial charge in [0.05, 0.1) is 10.6 Å². The Balaban J connectivity index is 1.64. The molecule has 0 aliphatic carbocycles. The Morgan fingerprint density at radius 1 is 1.04 bits per heavy atom. The molecule has 1 heterocycles. The first-order valence-electron chi connectivity index (χ1n) is 7.05. The van der Waals surface area contributed by atoms with Gasteiger partial charge in [0.1, 0.15) is 12.0 Å². The molecule has 0 aliphatic rings. The highest BCUT2D eigenvalue weighted by atomic mass is 16.6. The van der Waals surface area contributed by atoms with Crippen LogP contribution in [-0.2, 0) is 0 Å². The van der Waals surface area contributed by atoms with Gasteiger partial charge in [-0.3, -0.25) is 21.0 Å². The third kappa shape index (κ3) is 3.38. The molecule has 0 saturated carbocycles. The molecule has 3 rings (SSSR count). The van der Waals surface area contributed by atoms with Gasteiger partial charge in [-0.2, -0.15) is 0 Å². The second kappa shape index (κ2) is 6.61. The van der Waals surface area contributed by atoms with Gasteiger partial charge in [0.2, 0.25) is 0 Å². The monoisotopic (exact) mass is 323 g/mol. The van der Waals surface area contributed by atoms with Gasteiger partial charge >= 0.3 is 6.03 Å². The van der Waals surface area contributed by atoms with Crippen LogP contribution in [0, 0.1) is 10.1 Å². The van der Waals surface area contributed by atoms with Crippen LogP contribution < -0.4 is 16.2 Å². The summed E-state index contributed by atoms with van der Waals surface area (Å²) in [6, 6.07) is 15.5. The number of benzene rings is 2. The Hall–Kier alpha value is -3.68. The molecule has 2 amide bonds. The maximum Gasteiger partial charge on any atom is 0.337 e. The van der Waals surface area contributed by atoms with Crippen LogP contribution in [0.2, 0.25) is 0 Å². The summed E-state index contributed by atoms with van der Waals surface area (Å²) in [5.41, 5.74) is 5.56. The quantitative estimate of drug-likeness (QED) is 0.504. The molecule has 3 N–H and O–H groups in total. The number of carbonyl (C=O) groups excluding carboxylic acids is 1. The third-order valence-electron chi connectivity index (χ3n) is 3.30. The van der Waals surface area contributed by atoms with E-state index in [9.17, 15) is 14.9 Å². The summed E-state index contributed by atoms with van der Waals surface area (Å²) in [5, 5.41) is 15.2. The summed E-state index contributed by atoms with van der Waals surface area (Å²) >= 11 is 0. The highest BCUT2D eigenvalue weighted by Gasteiger charge is 2.07. The molecule has 120 valence electrons. The van der Waals surface area contributed by atoms with E-state index in [2.05, 4.69) is 21.2 Å². The largest absolute Gasteiger partial charge is 0.337 e. The van der Waals surface area contributed by atoms with Gasteiger partial charge in [-0.1, -0.05) is 36.4 Å². The zero-order valence-corrected chi connectivity index (χ0v) is 12.4. The van der Waals surface area contributed by atoms with Crippen LogP contribution in [0.15, 0.2) is 60.8 Å². The van der Waals surface area contributed by atoms with E-state index in [1.807, 2.05) is 36.4 Å². The SMILES string of the molecule is O=C(NNc1ccc([N+](=O)[O-])cn1)Nc1cccc2ccccc12. The topological polar surface area (TPSA) is 109 Å². The fraction of sp³-hybridized carbons (Fsp3) is 0. The summed E-state index contributed by atoms with van der Waals surface area (Å²) in [4.78, 5) is 25.8. The minimum atomic E-state index is -0.544. The molecule has 8 nitrogen and oxygen atoms in total. The number of hydrogen-bond donors (Lipinski definition) is 3. The molecule has 24 heavy (non-hydrogen) atoms. The van der Waals surface area contributed by atoms with E-state index in [0.29, 0.717) is 5.69 Å². The molecule has 2 aromatic carbocycles. The number of carbonyl (C=O) groups is 1. The Morgan fingerprint density at radius 3 is 2.58 bits per heavy atom. The molecule has 3 aromatic rings. The number of hydrazine groups is 1. The van der Waals surface area contributed by atoms with Crippen LogP contribution in [0.25, 0.3) is 10.8 Å². The number of nitrogens with one attached hydrogen (secondary N) is 3. The average Bonchev–Trinajstić information content (AvgIpc) is 2.61. The van der Waals surface area contributed by atoms with Gasteiger partial charge < -0.3 is 5.32 Å². The van der Waals surface area contributed by atoms with E-state index in [1.54, 1.807) is 6.07 Å². The normalized spacial score (nSPS) is 10.2. The smallest absolute Gasteiger partial charge is 0.306 e. The number of pyridine rings is 1. The van der Waals surface area contributed by atoms with E-state index in [0.717, 1.165) is 17.0 Å². The fourth-order valence-corrected chi connectivity index (χ4v) is 2.18. The summed E-state index contributed by atoms with van der Waals surface area (Å²) in [6.45, 7) is 0. The Morgan fingerprint density at radius 2 is 1.83 bits per heavy atom. The van der Waals surface area contributed by atoms with E-state index in [-0.39, 0.29) is 11.5 Å². The molecule has 0 fully saturated rings. The number of rotatable bonds is 4. The van der Waals surface area contributed by atoms with E-state index in [4.69, 9.17) is 0 Å². The molecule has 8 heteroatoms. The number of aromatic nitrogens is 1. The zero-order valence-electron chi connectivity index (χ0n) is 12.4. The van der Waals surface area contributed by atoms with Gasteiger partial charge in [-0.15, -0.1) is 0 Å². The lowest BCUT2D eigenvalue weighted by molar-refractivity contribution is -0.385. The van der Waals surface area contributed by atoms with Crippen LogP contribution >= 0.6 is 0 Å². The minimum Gasteiger partial charge on any atom is -0.306 e. The predicted molar refractivity (Wildman–Crippen MR) is 90.6 cm³/mol. The number of fused-ring (bicyclic) bond motifs is 1. The molecule has 0 aliphatic heterocycles. The summed E-state index contributed by atoms with van der Waals surface area (Å²) in [5.74, 6) is 0.286. The maximum atomic E-state index is 12.0. The molecule has 1 aromatic heterocycles. The molecular weight excluding hydrogens is 310 g/mol. The van der Waals surface area contributed by atoms with Crippen molar-refractivity contribution in [2.75, 3.05) is 10.7 Å². The van der Waals surface area contributed by atoms with E-state index >= 15 is 0 Å². The van der Waals surface area contributed by atoms with Crippen LogP contribution in [0.3, 0.4) is 0 Å². The number of hydrogen-bond acceptors (Lipinski definition) is 5. The number of nitrogens with zero attached hydrogens (tertiary/aromatic N) is 2. The average molecular weight is 323 g/mol. The van der Waals surface area contributed by atoms with Crippen LogP contribution in [0.1, 0.15) is 0 Å². The summed E-state index contributed by atoms with van der Waals surface area (Å²) in [6.07, 6.45) is 1.10. The van der Waals surface area contributed by atoms with Crippen LogP contribution in [-0.4, -0.2) is 15.9 Å². The third-order valence-corrected chi connectivity index (χ3v) is 3.30. The molecule has 0 saturated heterocycles. The molecule has 0 radical (unpaired) electrons. The van der Waals surface area contributed by atoms with Crippen molar-refractivity contribution in [1.29, 1.82) is 0 Å². The standard InChI is InChI=1S/C16H13N5O3/c22-16(20-19-15-9-8-12(10-17-15)21(23)24)18-14-7-3-5-11-4-1-2-6-13(11)14/h1-10H,(H,17,19)(H2,18,20,22). The second-order valence-electron chi connectivity index (χ2n) is 4.89. The minimum absolute atomic E-state index is 0.124. The lowest BCUT2D eigenvalue weighted by Gasteiger charge is -2.11. The predicted octanol–water partition coefficient (Wildman–Crippen LogP) is 3.29. The van der Waals surface area contributed by atoms with Gasteiger partial charge in [-0.25, -0.2) is 9.78 Å². The summed E-state index contributed by atoms with van der Waals surface area (Å²) < 4.78 is 0. The molecule has 0 bridgehead atoms. The number of urea groups is 1. The number of nitro groups is 1. The fourth-order valence-electron chi connectivity index (χ4n) is 2.18. The van der Waals surface area contributed by atoms with Crippen molar-refractivity contribution in [3.63, 3.8) is 0 Å². The lowest BCUT2D eigenvalue weighted by Crippen LogP contribution is -2.33. The first kappa shape index (κ1) is 15.2. The van der Waals surface area contributed by atoms with Gasteiger partial charge in [-0.05, 0) is 17.5 Å². The van der Waals surface area contributed by atoms with Crippen molar-refractivity contribution in [2.24, 2.45) is 0 Å². The Labute approximate surface area is 136 Å². The zero-order chi connectivity index (χ0) is 16.9. The first-order valence-corrected chi connectivity index (χ1v) is 7.05. The Bertz CT molecular complexity index is 890. The second-order valence-corrected chi connectivity index (χ2v) is 4.89. The van der Waals surface area contributed by atoms with E-state index in [1.165, 1.54) is 12.1 Å². The summed E-state index contributed by atoms with van der Waals surface area (Å²) in [7, 11) is 0. The molecule has 0 spiro atoms. The molecular formula is C16H13N5O3. The van der Waals surface area contributed by atoms with Crippen molar-refractivity contribution in [1.82, 2.24) is 10.4 Å². The van der Waals surface area contributed by atoms with Crippen molar-refractivity contribution < 1.29 is 9.72 Å². The lowest BCUT2D eigenvalue weighted by atomic mass is 10.1. The van der Waals surface area contributed by atoms with Crippen molar-refractivity contribution in [3.05, 3.63) is 70.9 Å². The highest BCUT2D eigenvalue weighted by molar-refractivity contribution is 6.01. The van der Waals surface area contributed by atoms with Crippen molar-refractivity contribution in [3.8, 4) is 0 Å². The van der Waals surface area contributed by atoms with Gasteiger partial charge in [0.25, 0.3) is 5.69 Å². The van der Waals surface area contributed by atoms with Crippen molar-refractivity contribution >= 4 is 34.0 Å². The van der Waals surface area contributed by atoms with Crippen molar-refractivity contribution in [2.45, 2.75) is 0 Å². The van der Waals surface area contributed by atoms with Crippen LogP contribution in [0.5, 0.6) is 0 Å². The van der Waals surface area contributed by atoms with Gasteiger partial charge in [0.15, 0.2) is 0 Å². The Kier molecular flexibility index (Phi) is 4.19. The number of anilines is 2. The highest BCUT2D eigenvalue weighted by Crippen LogP contribution is 2.22. The van der Waals surface area contributed by atoms with Crippen LogP contribution in [0.4, 0.5) is 22.0 Å². The first-order chi connectivity index (χ1) is 11.6. The maximum absolute atomic E-state index is 12.0. The van der Waals surface area contributed by atoms with E-state index < -0.39 is 11.0 Å².